The van der Waals surface area contributed by atoms with E-state index in [9.17, 15) is 14.7 Å². The predicted octanol–water partition coefficient (Wildman–Crippen LogP) is 0.513. The van der Waals surface area contributed by atoms with Crippen LogP contribution in [0.25, 0.3) is 0 Å². The molecule has 1 fully saturated rings. The molecule has 114 valence electrons. The minimum Gasteiger partial charge on any atom is -0.480 e. The summed E-state index contributed by atoms with van der Waals surface area (Å²) in [5, 5.41) is 18.6. The first-order valence-electron chi connectivity index (χ1n) is 7.00. The quantitative estimate of drug-likeness (QED) is 0.733. The van der Waals surface area contributed by atoms with Gasteiger partial charge >= 0.3 is 5.97 Å². The van der Waals surface area contributed by atoms with Crippen LogP contribution in [0.15, 0.2) is 30.3 Å². The molecule has 6 nitrogen and oxygen atoms in total. The number of carbonyl (C=O) groups excluding carboxylic acids is 1. The van der Waals surface area contributed by atoms with Crippen molar-refractivity contribution in [1.29, 1.82) is 0 Å². The van der Waals surface area contributed by atoms with E-state index in [1.807, 2.05) is 30.3 Å². The normalized spacial score (nSPS) is 23.0. The van der Waals surface area contributed by atoms with E-state index in [1.165, 1.54) is 4.90 Å². The van der Waals surface area contributed by atoms with Crippen LogP contribution in [-0.4, -0.2) is 45.7 Å². The van der Waals surface area contributed by atoms with Crippen molar-refractivity contribution in [3.05, 3.63) is 35.9 Å². The highest BCUT2D eigenvalue weighted by atomic mass is 16.4. The molecule has 1 heterocycles. The van der Waals surface area contributed by atoms with Crippen molar-refractivity contribution in [2.75, 3.05) is 6.54 Å². The van der Waals surface area contributed by atoms with Crippen LogP contribution >= 0.6 is 0 Å². The number of aliphatic hydroxyl groups excluding tert-OH is 1. The van der Waals surface area contributed by atoms with Crippen LogP contribution in [0, 0.1) is 0 Å². The Morgan fingerprint density at radius 1 is 1.33 bits per heavy atom. The Kier molecular flexibility index (Phi) is 4.93. The number of aliphatic carboxylic acids is 1. The van der Waals surface area contributed by atoms with Gasteiger partial charge in [-0.25, -0.2) is 4.79 Å². The lowest BCUT2D eigenvalue weighted by atomic mass is 10.0. The summed E-state index contributed by atoms with van der Waals surface area (Å²) in [6.45, 7) is 0.0797. The summed E-state index contributed by atoms with van der Waals surface area (Å²) in [4.78, 5) is 24.5. The number of rotatable bonds is 5. The summed E-state index contributed by atoms with van der Waals surface area (Å²) in [5.74, 6) is -1.35. The van der Waals surface area contributed by atoms with Gasteiger partial charge in [-0.3, -0.25) is 4.79 Å². The fraction of sp³-hybridized carbons (Fsp3) is 0.467. The monoisotopic (exact) mass is 292 g/mol. The average Bonchev–Trinajstić information content (AvgIpc) is 2.87. The van der Waals surface area contributed by atoms with Gasteiger partial charge in [0.05, 0.1) is 6.10 Å². The molecule has 2 rings (SSSR count). The largest absolute Gasteiger partial charge is 0.480 e. The van der Waals surface area contributed by atoms with E-state index < -0.39 is 18.1 Å². The number of carboxylic acids is 1. The SMILES string of the molecule is NC(CCC(=O)N1CC(O)C[C@H]1C(=O)O)c1ccccc1. The van der Waals surface area contributed by atoms with Crippen LogP contribution < -0.4 is 5.73 Å². The number of likely N-dealkylation sites (tertiary alicyclic amines) is 1. The van der Waals surface area contributed by atoms with Crippen molar-refractivity contribution in [3.8, 4) is 0 Å². The lowest BCUT2D eigenvalue weighted by Crippen LogP contribution is -2.40. The molecule has 1 aliphatic rings. The first kappa shape index (κ1) is 15.5. The van der Waals surface area contributed by atoms with Gasteiger partial charge in [0.2, 0.25) is 5.91 Å². The first-order valence-corrected chi connectivity index (χ1v) is 7.00. The molecular weight excluding hydrogens is 272 g/mol. The van der Waals surface area contributed by atoms with Gasteiger partial charge in [-0.1, -0.05) is 30.3 Å². The fourth-order valence-corrected chi connectivity index (χ4v) is 2.61. The van der Waals surface area contributed by atoms with Crippen LogP contribution in [0.2, 0.25) is 0 Å². The lowest BCUT2D eigenvalue weighted by Gasteiger charge is -2.22. The van der Waals surface area contributed by atoms with Gasteiger partial charge < -0.3 is 20.8 Å². The zero-order valence-electron chi connectivity index (χ0n) is 11.7. The minimum absolute atomic E-state index is 0.0797. The molecule has 0 bridgehead atoms. The molecular formula is C15H20N2O4. The summed E-state index contributed by atoms with van der Waals surface area (Å²) < 4.78 is 0. The molecule has 4 N–H and O–H groups in total. The number of aliphatic hydroxyl groups is 1. The summed E-state index contributed by atoms with van der Waals surface area (Å²) in [7, 11) is 0. The van der Waals surface area contributed by atoms with Crippen molar-refractivity contribution < 1.29 is 19.8 Å². The fourth-order valence-electron chi connectivity index (χ4n) is 2.61. The molecule has 1 aliphatic heterocycles. The van der Waals surface area contributed by atoms with Crippen molar-refractivity contribution >= 4 is 11.9 Å². The van der Waals surface area contributed by atoms with Crippen LogP contribution in [0.3, 0.4) is 0 Å². The van der Waals surface area contributed by atoms with E-state index in [-0.39, 0.29) is 31.3 Å². The smallest absolute Gasteiger partial charge is 0.326 e. The third-order valence-corrected chi connectivity index (χ3v) is 3.78. The molecule has 1 aromatic carbocycles. The number of carboxylic acid groups (broad SMARTS) is 1. The van der Waals surface area contributed by atoms with Crippen LogP contribution in [-0.2, 0) is 9.59 Å². The van der Waals surface area contributed by atoms with E-state index in [2.05, 4.69) is 0 Å². The molecule has 0 aromatic heterocycles. The van der Waals surface area contributed by atoms with Gasteiger partial charge in [0, 0.05) is 25.4 Å². The number of carbonyl (C=O) groups is 2. The maximum Gasteiger partial charge on any atom is 0.326 e. The number of amides is 1. The molecule has 1 aromatic rings. The van der Waals surface area contributed by atoms with Gasteiger partial charge in [-0.2, -0.15) is 0 Å². The standard InChI is InChI=1S/C15H20N2O4/c16-12(10-4-2-1-3-5-10)6-7-14(19)17-9-11(18)8-13(17)15(20)21/h1-5,11-13,18H,6-9,16H2,(H,20,21)/t11?,12?,13-/m0/s1. The zero-order valence-corrected chi connectivity index (χ0v) is 11.7. The number of β-amino-alcohol motifs (C(OH)–C–C–N with tert-alkyl or cyclic N) is 1. The second-order valence-electron chi connectivity index (χ2n) is 5.35. The molecule has 2 unspecified atom stereocenters. The van der Waals surface area contributed by atoms with E-state index in [4.69, 9.17) is 10.8 Å². The Hall–Kier alpha value is -1.92. The third kappa shape index (κ3) is 3.80. The Morgan fingerprint density at radius 3 is 2.62 bits per heavy atom. The Morgan fingerprint density at radius 2 is 2.00 bits per heavy atom. The number of nitrogens with two attached hydrogens (primary N) is 1. The molecule has 0 radical (unpaired) electrons. The number of benzene rings is 1. The molecule has 0 spiro atoms. The van der Waals surface area contributed by atoms with Crippen LogP contribution in [0.1, 0.15) is 30.9 Å². The minimum atomic E-state index is -1.08. The molecule has 3 atom stereocenters. The second kappa shape index (κ2) is 6.69. The van der Waals surface area contributed by atoms with E-state index >= 15 is 0 Å². The van der Waals surface area contributed by atoms with E-state index in [1.54, 1.807) is 0 Å². The number of nitrogens with zero attached hydrogens (tertiary/aromatic N) is 1. The summed E-state index contributed by atoms with van der Waals surface area (Å²) in [6, 6.07) is 8.27. The zero-order chi connectivity index (χ0) is 15.4. The Labute approximate surface area is 123 Å². The van der Waals surface area contributed by atoms with Crippen LogP contribution in [0.4, 0.5) is 0 Å². The molecule has 0 aliphatic carbocycles. The van der Waals surface area contributed by atoms with Crippen molar-refractivity contribution in [3.63, 3.8) is 0 Å². The molecule has 1 saturated heterocycles. The van der Waals surface area contributed by atoms with Gasteiger partial charge in [0.1, 0.15) is 6.04 Å². The Bertz CT molecular complexity index is 506. The van der Waals surface area contributed by atoms with Gasteiger partial charge in [0.25, 0.3) is 0 Å². The van der Waals surface area contributed by atoms with Gasteiger partial charge in [-0.15, -0.1) is 0 Å². The average molecular weight is 292 g/mol. The lowest BCUT2D eigenvalue weighted by molar-refractivity contribution is -0.148. The molecule has 0 saturated carbocycles. The topological polar surface area (TPSA) is 104 Å². The second-order valence-corrected chi connectivity index (χ2v) is 5.35. The number of hydrogen-bond donors (Lipinski definition) is 3. The van der Waals surface area contributed by atoms with Crippen molar-refractivity contribution in [2.45, 2.75) is 37.5 Å². The Balaban J connectivity index is 1.91. The molecule has 21 heavy (non-hydrogen) atoms. The highest BCUT2D eigenvalue weighted by Gasteiger charge is 2.38. The predicted molar refractivity (Wildman–Crippen MR) is 76.4 cm³/mol. The van der Waals surface area contributed by atoms with E-state index in [0.29, 0.717) is 6.42 Å². The van der Waals surface area contributed by atoms with Crippen LogP contribution in [0.5, 0.6) is 0 Å². The molecule has 1 amide bonds. The number of hydrogen-bond acceptors (Lipinski definition) is 4. The van der Waals surface area contributed by atoms with E-state index in [0.717, 1.165) is 5.56 Å². The molecule has 6 heteroatoms. The van der Waals surface area contributed by atoms with Crippen molar-refractivity contribution in [2.24, 2.45) is 5.73 Å². The van der Waals surface area contributed by atoms with Crippen molar-refractivity contribution in [1.82, 2.24) is 4.90 Å². The highest BCUT2D eigenvalue weighted by molar-refractivity contribution is 5.84. The highest BCUT2D eigenvalue weighted by Crippen LogP contribution is 2.21. The maximum absolute atomic E-state index is 12.1. The first-order chi connectivity index (χ1) is 9.99. The third-order valence-electron chi connectivity index (χ3n) is 3.78. The van der Waals surface area contributed by atoms with Gasteiger partial charge in [-0.05, 0) is 12.0 Å². The maximum atomic E-state index is 12.1. The van der Waals surface area contributed by atoms with Gasteiger partial charge in [0.15, 0.2) is 0 Å². The summed E-state index contributed by atoms with van der Waals surface area (Å²) in [6.07, 6.45) is -0.0574. The summed E-state index contributed by atoms with van der Waals surface area (Å²) in [5.41, 5.74) is 6.97. The summed E-state index contributed by atoms with van der Waals surface area (Å²) >= 11 is 0.